The van der Waals surface area contributed by atoms with Gasteiger partial charge >= 0.3 is 0 Å². The van der Waals surface area contributed by atoms with Crippen LogP contribution in [-0.2, 0) is 9.53 Å². The lowest BCUT2D eigenvalue weighted by Gasteiger charge is -2.24. The van der Waals surface area contributed by atoms with Crippen LogP contribution >= 0.6 is 0 Å². The van der Waals surface area contributed by atoms with Gasteiger partial charge in [0.25, 0.3) is 0 Å². The van der Waals surface area contributed by atoms with E-state index >= 15 is 0 Å². The lowest BCUT2D eigenvalue weighted by atomic mass is 10.1. The molecule has 0 amide bonds. The molecule has 0 fully saturated rings. The molecule has 0 aromatic rings. The Kier molecular flexibility index (Phi) is 5.91. The van der Waals surface area contributed by atoms with Gasteiger partial charge < -0.3 is 10.1 Å². The van der Waals surface area contributed by atoms with E-state index in [9.17, 15) is 4.79 Å². The molecule has 3 nitrogen and oxygen atoms in total. The molecule has 0 aliphatic heterocycles. The van der Waals surface area contributed by atoms with Gasteiger partial charge in [-0.05, 0) is 20.8 Å². The second-order valence-electron chi connectivity index (χ2n) is 3.57. The van der Waals surface area contributed by atoms with Crippen LogP contribution < -0.4 is 5.32 Å². The number of hydrogen-bond donors (Lipinski definition) is 1. The third-order valence-corrected chi connectivity index (χ3v) is 1.85. The minimum Gasteiger partial charge on any atom is -0.377 e. The molecule has 3 heteroatoms. The van der Waals surface area contributed by atoms with Crippen molar-refractivity contribution in [2.24, 2.45) is 0 Å². The predicted molar refractivity (Wildman–Crippen MR) is 53.8 cm³/mol. The second kappa shape index (κ2) is 6.11. The van der Waals surface area contributed by atoms with Crippen LogP contribution in [0.15, 0.2) is 0 Å². The minimum absolute atomic E-state index is 0.0510. The largest absolute Gasteiger partial charge is 0.377 e. The molecular weight excluding hydrogens is 166 g/mol. The molecule has 0 aliphatic rings. The van der Waals surface area contributed by atoms with E-state index < -0.39 is 0 Å². The lowest BCUT2D eigenvalue weighted by molar-refractivity contribution is -0.122. The van der Waals surface area contributed by atoms with E-state index in [-0.39, 0.29) is 17.9 Å². The molecule has 1 N–H and O–H groups in total. The van der Waals surface area contributed by atoms with Gasteiger partial charge in [-0.15, -0.1) is 0 Å². The van der Waals surface area contributed by atoms with Crippen molar-refractivity contribution < 1.29 is 9.53 Å². The third-order valence-electron chi connectivity index (χ3n) is 1.85. The van der Waals surface area contributed by atoms with Crippen LogP contribution in [0, 0.1) is 0 Å². The van der Waals surface area contributed by atoms with E-state index in [4.69, 9.17) is 4.74 Å². The van der Waals surface area contributed by atoms with Crippen LogP contribution in [0.4, 0.5) is 0 Å². The first-order valence-electron chi connectivity index (χ1n) is 4.87. The van der Waals surface area contributed by atoms with Gasteiger partial charge in [0.1, 0.15) is 5.78 Å². The molecule has 0 heterocycles. The Morgan fingerprint density at radius 2 is 1.92 bits per heavy atom. The van der Waals surface area contributed by atoms with E-state index in [2.05, 4.69) is 5.32 Å². The Morgan fingerprint density at radius 1 is 1.38 bits per heavy atom. The zero-order valence-corrected chi connectivity index (χ0v) is 9.26. The summed E-state index contributed by atoms with van der Waals surface area (Å²) in [6.07, 6.45) is -0.0510. The quantitative estimate of drug-likeness (QED) is 0.682. The fourth-order valence-corrected chi connectivity index (χ4v) is 1.30. The maximum absolute atomic E-state index is 11.3. The van der Waals surface area contributed by atoms with Crippen LogP contribution in [0.5, 0.6) is 0 Å². The first-order valence-corrected chi connectivity index (χ1v) is 4.87. The minimum atomic E-state index is -0.181. The first-order chi connectivity index (χ1) is 5.99. The topological polar surface area (TPSA) is 38.3 Å². The average Bonchev–Trinajstić information content (AvgIpc) is 1.99. The first kappa shape index (κ1) is 12.6. The fourth-order valence-electron chi connectivity index (χ4n) is 1.30. The van der Waals surface area contributed by atoms with Crippen molar-refractivity contribution in [1.29, 1.82) is 0 Å². The van der Waals surface area contributed by atoms with Gasteiger partial charge in [-0.3, -0.25) is 4.79 Å². The summed E-state index contributed by atoms with van der Waals surface area (Å²) in [5, 5.41) is 3.19. The SMILES string of the molecule is CCOC(C)C(NC(C)C)C(C)=O. The highest BCUT2D eigenvalue weighted by molar-refractivity contribution is 5.82. The number of ketones is 1. The smallest absolute Gasteiger partial charge is 0.149 e. The summed E-state index contributed by atoms with van der Waals surface area (Å²) in [7, 11) is 0. The van der Waals surface area contributed by atoms with Gasteiger partial charge in [-0.2, -0.15) is 0 Å². The molecule has 0 aromatic carbocycles. The molecule has 0 bridgehead atoms. The fraction of sp³-hybridized carbons (Fsp3) is 0.900. The molecular formula is C10H21NO2. The highest BCUT2D eigenvalue weighted by Crippen LogP contribution is 2.01. The maximum Gasteiger partial charge on any atom is 0.149 e. The van der Waals surface area contributed by atoms with E-state index in [1.54, 1.807) is 6.92 Å². The number of hydrogen-bond acceptors (Lipinski definition) is 3. The van der Waals surface area contributed by atoms with Crippen LogP contribution in [0.3, 0.4) is 0 Å². The van der Waals surface area contributed by atoms with Crippen molar-refractivity contribution in [3.05, 3.63) is 0 Å². The van der Waals surface area contributed by atoms with Crippen molar-refractivity contribution in [3.8, 4) is 0 Å². The normalized spacial score (nSPS) is 15.8. The summed E-state index contributed by atoms with van der Waals surface area (Å²) in [6.45, 7) is 10.1. The van der Waals surface area contributed by atoms with Gasteiger partial charge in [-0.25, -0.2) is 0 Å². The third kappa shape index (κ3) is 5.01. The number of ether oxygens (including phenoxy) is 1. The highest BCUT2D eigenvalue weighted by atomic mass is 16.5. The Morgan fingerprint density at radius 3 is 2.23 bits per heavy atom. The van der Waals surface area contributed by atoms with Crippen LogP contribution in [-0.4, -0.2) is 30.6 Å². The number of rotatable bonds is 6. The molecule has 13 heavy (non-hydrogen) atoms. The monoisotopic (exact) mass is 187 g/mol. The van der Waals surface area contributed by atoms with Crippen molar-refractivity contribution in [1.82, 2.24) is 5.32 Å². The number of carbonyl (C=O) groups is 1. The van der Waals surface area contributed by atoms with Gasteiger partial charge in [0.15, 0.2) is 0 Å². The van der Waals surface area contributed by atoms with Crippen LogP contribution in [0.2, 0.25) is 0 Å². The lowest BCUT2D eigenvalue weighted by Crippen LogP contribution is -2.47. The van der Waals surface area contributed by atoms with Gasteiger partial charge in [0.05, 0.1) is 12.1 Å². The summed E-state index contributed by atoms with van der Waals surface area (Å²) in [6, 6.07) is 0.122. The van der Waals surface area contributed by atoms with Gasteiger partial charge in [0.2, 0.25) is 0 Å². The average molecular weight is 187 g/mol. The highest BCUT2D eigenvalue weighted by Gasteiger charge is 2.22. The van der Waals surface area contributed by atoms with Gasteiger partial charge in [0, 0.05) is 12.6 Å². The summed E-state index contributed by atoms with van der Waals surface area (Å²) in [4.78, 5) is 11.3. The van der Waals surface area contributed by atoms with Crippen molar-refractivity contribution in [3.63, 3.8) is 0 Å². The molecule has 0 rings (SSSR count). The molecule has 2 unspecified atom stereocenters. The molecule has 2 atom stereocenters. The van der Waals surface area contributed by atoms with E-state index in [1.165, 1.54) is 0 Å². The second-order valence-corrected chi connectivity index (χ2v) is 3.57. The van der Waals surface area contributed by atoms with E-state index in [0.29, 0.717) is 12.6 Å². The molecule has 0 aliphatic carbocycles. The molecule has 0 radical (unpaired) electrons. The summed E-state index contributed by atoms with van der Waals surface area (Å²) in [5.74, 6) is 0.134. The number of carbonyl (C=O) groups excluding carboxylic acids is 1. The van der Waals surface area contributed by atoms with Gasteiger partial charge in [-0.1, -0.05) is 13.8 Å². The van der Waals surface area contributed by atoms with Crippen molar-refractivity contribution in [2.75, 3.05) is 6.61 Å². The molecule has 0 spiro atoms. The van der Waals surface area contributed by atoms with Crippen LogP contribution in [0.1, 0.15) is 34.6 Å². The molecule has 0 saturated heterocycles. The zero-order chi connectivity index (χ0) is 10.4. The zero-order valence-electron chi connectivity index (χ0n) is 9.26. The van der Waals surface area contributed by atoms with E-state index in [0.717, 1.165) is 0 Å². The predicted octanol–water partition coefficient (Wildman–Crippen LogP) is 1.37. The Labute approximate surface area is 80.8 Å². The summed E-state index contributed by atoms with van der Waals surface area (Å²) in [5.41, 5.74) is 0. The summed E-state index contributed by atoms with van der Waals surface area (Å²) >= 11 is 0. The van der Waals surface area contributed by atoms with E-state index in [1.807, 2.05) is 27.7 Å². The Balaban J connectivity index is 4.15. The Hall–Kier alpha value is -0.410. The van der Waals surface area contributed by atoms with Crippen LogP contribution in [0.25, 0.3) is 0 Å². The van der Waals surface area contributed by atoms with Crippen molar-refractivity contribution in [2.45, 2.75) is 52.8 Å². The maximum atomic E-state index is 11.3. The molecule has 78 valence electrons. The standard InChI is InChI=1S/C10H21NO2/c1-6-13-9(5)10(8(4)12)11-7(2)3/h7,9-11H,6H2,1-5H3. The summed E-state index contributed by atoms with van der Waals surface area (Å²) < 4.78 is 5.38. The van der Waals surface area contributed by atoms with Crippen molar-refractivity contribution >= 4 is 5.78 Å². The number of nitrogens with one attached hydrogen (secondary N) is 1. The molecule has 0 aromatic heterocycles. The molecule has 0 saturated carbocycles. The number of Topliss-reactive ketones (excluding diaryl/α,β-unsaturated/α-hetero) is 1. The Bertz CT molecular complexity index is 157.